The Morgan fingerprint density at radius 3 is 2.38 bits per heavy atom. The fraction of sp³-hybridized carbons (Fsp3) is 1.00. The number of hydrogen-bond donors (Lipinski definition) is 2. The highest BCUT2D eigenvalue weighted by Crippen LogP contribution is 2.14. The third-order valence-electron chi connectivity index (χ3n) is 2.75. The largest absolute Gasteiger partial charge is 0.314 e. The quantitative estimate of drug-likeness (QED) is 0.679. The molecule has 1 aliphatic rings. The van der Waals surface area contributed by atoms with Crippen molar-refractivity contribution in [1.29, 1.82) is 0 Å². The van der Waals surface area contributed by atoms with E-state index in [1.54, 1.807) is 0 Å². The number of nitrogens with zero attached hydrogens (tertiary/aromatic N) is 1. The first-order chi connectivity index (χ1) is 6.22. The minimum Gasteiger partial charge on any atom is -0.314 e. The van der Waals surface area contributed by atoms with Gasteiger partial charge >= 0.3 is 0 Å². The first kappa shape index (κ1) is 11.0. The highest BCUT2D eigenvalue weighted by molar-refractivity contribution is 4.72. The number of hydrogen-bond acceptors (Lipinski definition) is 3. The molecule has 2 N–H and O–H groups in total. The zero-order chi connectivity index (χ0) is 9.68. The average Bonchev–Trinajstić information content (AvgIpc) is 2.15. The molecule has 0 radical (unpaired) electrons. The lowest BCUT2D eigenvalue weighted by Crippen LogP contribution is -2.43. The van der Waals surface area contributed by atoms with E-state index in [4.69, 9.17) is 0 Å². The Hall–Kier alpha value is -0.120. The molecule has 0 bridgehead atoms. The van der Waals surface area contributed by atoms with Crippen LogP contribution in [0.3, 0.4) is 0 Å². The summed E-state index contributed by atoms with van der Waals surface area (Å²) in [4.78, 5) is 0. The van der Waals surface area contributed by atoms with Gasteiger partial charge < -0.3 is 5.32 Å². The summed E-state index contributed by atoms with van der Waals surface area (Å²) in [5.41, 5.74) is 3.20. The van der Waals surface area contributed by atoms with Gasteiger partial charge in [0.05, 0.1) is 0 Å². The molecule has 3 heteroatoms. The van der Waals surface area contributed by atoms with Gasteiger partial charge in [0.25, 0.3) is 0 Å². The smallest absolute Gasteiger partial charge is 0.0134 e. The van der Waals surface area contributed by atoms with Gasteiger partial charge in [0.1, 0.15) is 0 Å². The van der Waals surface area contributed by atoms with E-state index >= 15 is 0 Å². The molecule has 1 aliphatic heterocycles. The molecule has 0 spiro atoms. The number of rotatable bonds is 4. The van der Waals surface area contributed by atoms with Gasteiger partial charge in [0.2, 0.25) is 0 Å². The van der Waals surface area contributed by atoms with Crippen LogP contribution >= 0.6 is 0 Å². The van der Waals surface area contributed by atoms with Gasteiger partial charge in [-0.15, -0.1) is 0 Å². The van der Waals surface area contributed by atoms with Crippen LogP contribution in [0.15, 0.2) is 0 Å². The second-order valence-electron chi connectivity index (χ2n) is 4.22. The van der Waals surface area contributed by atoms with Crippen molar-refractivity contribution in [3.8, 4) is 0 Å². The zero-order valence-electron chi connectivity index (χ0n) is 9.14. The lowest BCUT2D eigenvalue weighted by atomic mass is 9.97. The van der Waals surface area contributed by atoms with Gasteiger partial charge in [-0.25, -0.2) is 5.01 Å². The third-order valence-corrected chi connectivity index (χ3v) is 2.75. The van der Waals surface area contributed by atoms with E-state index in [2.05, 4.69) is 29.6 Å². The van der Waals surface area contributed by atoms with Gasteiger partial charge in [-0.05, 0) is 32.4 Å². The van der Waals surface area contributed by atoms with Crippen molar-refractivity contribution in [1.82, 2.24) is 15.8 Å². The summed E-state index contributed by atoms with van der Waals surface area (Å²) in [7, 11) is 2.01. The van der Waals surface area contributed by atoms with E-state index in [1.165, 1.54) is 32.5 Å². The van der Waals surface area contributed by atoms with E-state index in [-0.39, 0.29) is 0 Å². The van der Waals surface area contributed by atoms with Crippen molar-refractivity contribution >= 4 is 0 Å². The van der Waals surface area contributed by atoms with Crippen LogP contribution in [0, 0.1) is 5.92 Å². The predicted molar refractivity (Wildman–Crippen MR) is 56.5 cm³/mol. The molecule has 1 heterocycles. The Bertz CT molecular complexity index is 128. The minimum atomic E-state index is 0.627. The molecule has 0 aliphatic carbocycles. The van der Waals surface area contributed by atoms with Crippen LogP contribution in [0.5, 0.6) is 0 Å². The van der Waals surface area contributed by atoms with Crippen LogP contribution in [0.4, 0.5) is 0 Å². The summed E-state index contributed by atoms with van der Waals surface area (Å²) in [6.07, 6.45) is 2.64. The van der Waals surface area contributed by atoms with Gasteiger partial charge in [-0.1, -0.05) is 13.8 Å². The van der Waals surface area contributed by atoms with Crippen LogP contribution < -0.4 is 10.7 Å². The third kappa shape index (κ3) is 4.07. The summed E-state index contributed by atoms with van der Waals surface area (Å²) in [6, 6.07) is 0.627. The Kier molecular flexibility index (Phi) is 4.70. The monoisotopic (exact) mass is 185 g/mol. The molecule has 3 nitrogen and oxygen atoms in total. The molecular formula is C10H23N3. The van der Waals surface area contributed by atoms with Crippen molar-refractivity contribution < 1.29 is 0 Å². The van der Waals surface area contributed by atoms with E-state index in [1.807, 2.05) is 7.05 Å². The Balaban J connectivity index is 2.10. The Labute approximate surface area is 81.8 Å². The maximum Gasteiger partial charge on any atom is 0.0134 e. The van der Waals surface area contributed by atoms with Crippen LogP contribution in [0.25, 0.3) is 0 Å². The molecule has 0 unspecified atom stereocenters. The summed E-state index contributed by atoms with van der Waals surface area (Å²) < 4.78 is 0. The Morgan fingerprint density at radius 2 is 1.92 bits per heavy atom. The number of nitrogens with one attached hydrogen (secondary N) is 2. The summed E-state index contributed by atoms with van der Waals surface area (Å²) in [5, 5.41) is 5.81. The lowest BCUT2D eigenvalue weighted by molar-refractivity contribution is 0.136. The van der Waals surface area contributed by atoms with Gasteiger partial charge in [-0.3, -0.25) is 5.43 Å². The normalized spacial score (nSPS) is 21.2. The predicted octanol–water partition coefficient (Wildman–Crippen LogP) is 0.831. The maximum atomic E-state index is 3.51. The minimum absolute atomic E-state index is 0.627. The molecule has 0 aromatic carbocycles. The lowest BCUT2D eigenvalue weighted by Gasteiger charge is -2.31. The molecule has 0 atom stereocenters. The van der Waals surface area contributed by atoms with E-state index < -0.39 is 0 Å². The standard InChI is InChI=1S/C10H23N3/c1-9(2)12-8-10-4-6-13(11-3)7-5-10/h9-12H,4-8H2,1-3H3. The van der Waals surface area contributed by atoms with E-state index in [0.29, 0.717) is 6.04 Å². The van der Waals surface area contributed by atoms with Crippen molar-refractivity contribution in [3.63, 3.8) is 0 Å². The molecule has 1 saturated heterocycles. The van der Waals surface area contributed by atoms with Crippen LogP contribution in [0.2, 0.25) is 0 Å². The van der Waals surface area contributed by atoms with Crippen molar-refractivity contribution in [3.05, 3.63) is 0 Å². The molecule has 13 heavy (non-hydrogen) atoms. The SMILES string of the molecule is CNN1CCC(CNC(C)C)CC1. The van der Waals surface area contributed by atoms with Crippen LogP contribution in [0.1, 0.15) is 26.7 Å². The van der Waals surface area contributed by atoms with Crippen LogP contribution in [-0.2, 0) is 0 Å². The fourth-order valence-electron chi connectivity index (χ4n) is 1.76. The van der Waals surface area contributed by atoms with Gasteiger partial charge in [0, 0.05) is 19.1 Å². The average molecular weight is 185 g/mol. The first-order valence-electron chi connectivity index (χ1n) is 5.38. The number of piperidine rings is 1. The molecule has 78 valence electrons. The van der Waals surface area contributed by atoms with Crippen LogP contribution in [-0.4, -0.2) is 37.7 Å². The summed E-state index contributed by atoms with van der Waals surface area (Å²) in [6.45, 7) is 8.00. The molecule has 0 aromatic rings. The molecule has 0 aromatic heterocycles. The molecule has 0 amide bonds. The Morgan fingerprint density at radius 1 is 1.31 bits per heavy atom. The highest BCUT2D eigenvalue weighted by Gasteiger charge is 2.17. The zero-order valence-corrected chi connectivity index (χ0v) is 9.14. The summed E-state index contributed by atoms with van der Waals surface area (Å²) in [5.74, 6) is 0.881. The van der Waals surface area contributed by atoms with Crippen molar-refractivity contribution in [2.75, 3.05) is 26.7 Å². The first-order valence-corrected chi connectivity index (χ1v) is 5.38. The number of hydrazine groups is 1. The maximum absolute atomic E-state index is 3.51. The van der Waals surface area contributed by atoms with Crippen molar-refractivity contribution in [2.24, 2.45) is 5.92 Å². The van der Waals surface area contributed by atoms with Crippen molar-refractivity contribution in [2.45, 2.75) is 32.7 Å². The molecule has 1 fully saturated rings. The molecular weight excluding hydrogens is 162 g/mol. The van der Waals surface area contributed by atoms with Gasteiger partial charge in [-0.2, -0.15) is 0 Å². The topological polar surface area (TPSA) is 27.3 Å². The van der Waals surface area contributed by atoms with E-state index in [0.717, 1.165) is 5.92 Å². The summed E-state index contributed by atoms with van der Waals surface area (Å²) >= 11 is 0. The fourth-order valence-corrected chi connectivity index (χ4v) is 1.76. The molecule has 1 rings (SSSR count). The molecule has 0 saturated carbocycles. The second kappa shape index (κ2) is 5.58. The highest BCUT2D eigenvalue weighted by atomic mass is 15.5. The van der Waals surface area contributed by atoms with Gasteiger partial charge in [0.15, 0.2) is 0 Å². The van der Waals surface area contributed by atoms with E-state index in [9.17, 15) is 0 Å². The second-order valence-corrected chi connectivity index (χ2v) is 4.22.